The molecule has 0 saturated carbocycles. The SMILES string of the molecule is COc1ccc(/C=N/NC(=O)c2ccc(C)c([N+](=O)[O-])c2)cc1Cn1cnc([N+](=O)[O-])n1. The van der Waals surface area contributed by atoms with Gasteiger partial charge in [0.2, 0.25) is 6.33 Å². The molecule has 0 atom stereocenters. The van der Waals surface area contributed by atoms with Gasteiger partial charge in [-0.15, -0.1) is 0 Å². The van der Waals surface area contributed by atoms with E-state index in [0.29, 0.717) is 22.4 Å². The summed E-state index contributed by atoms with van der Waals surface area (Å²) in [5.74, 6) is -0.593. The average Bonchev–Trinajstić information content (AvgIpc) is 3.23. The highest BCUT2D eigenvalue weighted by atomic mass is 16.6. The van der Waals surface area contributed by atoms with E-state index in [-0.39, 0.29) is 17.8 Å². The van der Waals surface area contributed by atoms with Crippen molar-refractivity contribution in [3.05, 3.63) is 85.2 Å². The minimum absolute atomic E-state index is 0.0997. The second-order valence-corrected chi connectivity index (χ2v) is 6.53. The van der Waals surface area contributed by atoms with Crippen LogP contribution in [0.4, 0.5) is 11.6 Å². The zero-order valence-corrected chi connectivity index (χ0v) is 17.0. The average molecular weight is 439 g/mol. The van der Waals surface area contributed by atoms with Crippen LogP contribution in [0, 0.1) is 27.2 Å². The molecule has 0 aliphatic carbocycles. The van der Waals surface area contributed by atoms with Crippen molar-refractivity contribution in [3.8, 4) is 5.75 Å². The molecule has 1 heterocycles. The second kappa shape index (κ2) is 9.42. The molecule has 0 unspecified atom stereocenters. The van der Waals surface area contributed by atoms with Gasteiger partial charge < -0.3 is 14.9 Å². The van der Waals surface area contributed by atoms with Gasteiger partial charge in [0, 0.05) is 27.9 Å². The number of hydrazone groups is 1. The van der Waals surface area contributed by atoms with Gasteiger partial charge in [-0.1, -0.05) is 11.1 Å². The number of methoxy groups -OCH3 is 1. The van der Waals surface area contributed by atoms with Crippen molar-refractivity contribution in [2.75, 3.05) is 7.11 Å². The van der Waals surface area contributed by atoms with Gasteiger partial charge in [-0.3, -0.25) is 14.9 Å². The number of benzene rings is 2. The lowest BCUT2D eigenvalue weighted by Gasteiger charge is -2.08. The van der Waals surface area contributed by atoms with Crippen LogP contribution in [0.25, 0.3) is 0 Å². The van der Waals surface area contributed by atoms with Crippen molar-refractivity contribution in [2.45, 2.75) is 13.5 Å². The number of rotatable bonds is 8. The molecule has 32 heavy (non-hydrogen) atoms. The smallest absolute Gasteiger partial charge is 0.490 e. The first kappa shape index (κ1) is 22.0. The fourth-order valence-electron chi connectivity index (χ4n) is 2.80. The van der Waals surface area contributed by atoms with Crippen LogP contribution in [-0.4, -0.2) is 43.8 Å². The Morgan fingerprint density at radius 1 is 1.22 bits per heavy atom. The molecule has 0 fully saturated rings. The van der Waals surface area contributed by atoms with E-state index >= 15 is 0 Å². The summed E-state index contributed by atoms with van der Waals surface area (Å²) in [6.45, 7) is 1.74. The number of amides is 1. The monoisotopic (exact) mass is 439 g/mol. The van der Waals surface area contributed by atoms with E-state index in [9.17, 15) is 25.0 Å². The van der Waals surface area contributed by atoms with Crippen molar-refractivity contribution in [1.82, 2.24) is 20.2 Å². The first-order valence-electron chi connectivity index (χ1n) is 9.07. The molecule has 3 rings (SSSR count). The molecular weight excluding hydrogens is 422 g/mol. The molecule has 0 spiro atoms. The largest absolute Gasteiger partial charge is 0.496 e. The minimum atomic E-state index is -0.692. The van der Waals surface area contributed by atoms with Crippen LogP contribution in [-0.2, 0) is 6.54 Å². The van der Waals surface area contributed by atoms with Gasteiger partial charge in [0.1, 0.15) is 5.75 Å². The van der Waals surface area contributed by atoms with Crippen LogP contribution >= 0.6 is 0 Å². The van der Waals surface area contributed by atoms with E-state index in [1.165, 1.54) is 42.5 Å². The Hall–Kier alpha value is -4.68. The topological polar surface area (TPSA) is 168 Å². The number of nitro benzene ring substituents is 1. The summed E-state index contributed by atoms with van der Waals surface area (Å²) in [4.78, 5) is 36.4. The zero-order chi connectivity index (χ0) is 23.3. The van der Waals surface area contributed by atoms with Crippen LogP contribution in [0.3, 0.4) is 0 Å². The molecule has 1 aromatic heterocycles. The maximum Gasteiger partial charge on any atom is 0.490 e. The van der Waals surface area contributed by atoms with Crippen LogP contribution in [0.2, 0.25) is 0 Å². The van der Waals surface area contributed by atoms with E-state index in [2.05, 4.69) is 20.6 Å². The van der Waals surface area contributed by atoms with Crippen LogP contribution in [0.15, 0.2) is 47.8 Å². The fourth-order valence-corrected chi connectivity index (χ4v) is 2.80. The highest BCUT2D eigenvalue weighted by Gasteiger charge is 2.16. The summed E-state index contributed by atoms with van der Waals surface area (Å²) < 4.78 is 6.60. The summed E-state index contributed by atoms with van der Waals surface area (Å²) in [7, 11) is 1.48. The minimum Gasteiger partial charge on any atom is -0.496 e. The quantitative estimate of drug-likeness (QED) is 0.316. The lowest BCUT2D eigenvalue weighted by Crippen LogP contribution is -2.17. The highest BCUT2D eigenvalue weighted by Crippen LogP contribution is 2.21. The Morgan fingerprint density at radius 2 is 2.00 bits per heavy atom. The van der Waals surface area contributed by atoms with Gasteiger partial charge in [0.15, 0.2) is 0 Å². The van der Waals surface area contributed by atoms with E-state index in [1.54, 1.807) is 25.1 Å². The van der Waals surface area contributed by atoms with Crippen molar-refractivity contribution in [1.29, 1.82) is 0 Å². The Balaban J connectivity index is 1.73. The number of hydrogen-bond acceptors (Lipinski definition) is 9. The fraction of sp³-hybridized carbons (Fsp3) is 0.158. The van der Waals surface area contributed by atoms with E-state index < -0.39 is 21.7 Å². The summed E-state index contributed by atoms with van der Waals surface area (Å²) in [5.41, 5.74) is 3.96. The van der Waals surface area contributed by atoms with E-state index in [1.807, 2.05) is 0 Å². The van der Waals surface area contributed by atoms with Crippen molar-refractivity contribution in [3.63, 3.8) is 0 Å². The van der Waals surface area contributed by atoms with Crippen molar-refractivity contribution < 1.29 is 19.4 Å². The number of nitro groups is 2. The molecule has 0 radical (unpaired) electrons. The summed E-state index contributed by atoms with van der Waals surface area (Å²) >= 11 is 0. The van der Waals surface area contributed by atoms with Crippen LogP contribution in [0.5, 0.6) is 5.75 Å². The Kier molecular flexibility index (Phi) is 6.48. The number of hydrogen-bond donors (Lipinski definition) is 1. The standard InChI is InChI=1S/C19H17N7O6/c1-12-3-5-14(8-16(12)25(28)29)18(27)22-21-9-13-4-6-17(32-2)15(7-13)10-24-11-20-19(23-24)26(30)31/h3-9,11H,10H2,1-2H3,(H,22,27)/b21-9+. The molecule has 0 aliphatic rings. The molecule has 13 nitrogen and oxygen atoms in total. The number of aryl methyl sites for hydroxylation is 1. The summed E-state index contributed by atoms with van der Waals surface area (Å²) in [6.07, 6.45) is 2.62. The number of carbonyl (C=O) groups excluding carboxylic acids is 1. The lowest BCUT2D eigenvalue weighted by atomic mass is 10.1. The molecular formula is C19H17N7O6. The molecule has 0 aliphatic heterocycles. The molecule has 2 aromatic carbocycles. The number of nitrogens with zero attached hydrogens (tertiary/aromatic N) is 6. The lowest BCUT2D eigenvalue weighted by molar-refractivity contribution is -0.394. The first-order chi connectivity index (χ1) is 15.3. The predicted octanol–water partition coefficient (Wildman–Crippen LogP) is 2.22. The van der Waals surface area contributed by atoms with Gasteiger partial charge in [0.25, 0.3) is 11.6 Å². The third kappa shape index (κ3) is 5.08. The number of nitrogens with one attached hydrogen (secondary N) is 1. The predicted molar refractivity (Wildman–Crippen MR) is 112 cm³/mol. The maximum atomic E-state index is 12.2. The van der Waals surface area contributed by atoms with Gasteiger partial charge in [-0.2, -0.15) is 9.78 Å². The summed E-state index contributed by atoms with van der Waals surface area (Å²) in [6, 6.07) is 9.21. The zero-order valence-electron chi connectivity index (χ0n) is 17.0. The van der Waals surface area contributed by atoms with Crippen LogP contribution < -0.4 is 10.2 Å². The van der Waals surface area contributed by atoms with E-state index in [0.717, 1.165) is 0 Å². The van der Waals surface area contributed by atoms with Crippen molar-refractivity contribution in [2.24, 2.45) is 5.10 Å². The molecule has 0 bridgehead atoms. The molecule has 164 valence electrons. The number of ether oxygens (including phenoxy) is 1. The van der Waals surface area contributed by atoms with Crippen molar-refractivity contribution >= 4 is 23.8 Å². The number of aromatic nitrogens is 3. The Morgan fingerprint density at radius 3 is 2.66 bits per heavy atom. The van der Waals surface area contributed by atoms with Gasteiger partial charge in [-0.25, -0.2) is 5.43 Å². The molecule has 0 saturated heterocycles. The number of carbonyl (C=O) groups is 1. The van der Waals surface area contributed by atoms with Crippen LogP contribution in [0.1, 0.15) is 27.0 Å². The third-order valence-corrected chi connectivity index (χ3v) is 4.37. The Bertz CT molecular complexity index is 1220. The van der Waals surface area contributed by atoms with Gasteiger partial charge >= 0.3 is 5.95 Å². The first-order valence-corrected chi connectivity index (χ1v) is 9.07. The molecule has 13 heteroatoms. The second-order valence-electron chi connectivity index (χ2n) is 6.53. The van der Waals surface area contributed by atoms with Gasteiger partial charge in [-0.05, 0) is 41.7 Å². The van der Waals surface area contributed by atoms with E-state index in [4.69, 9.17) is 4.74 Å². The summed E-state index contributed by atoms with van der Waals surface area (Å²) in [5, 5.41) is 29.4. The van der Waals surface area contributed by atoms with Gasteiger partial charge in [0.05, 0.1) is 24.8 Å². The molecule has 1 amide bonds. The molecule has 3 aromatic rings. The molecule has 1 N–H and O–H groups in total. The maximum absolute atomic E-state index is 12.2. The third-order valence-electron chi connectivity index (χ3n) is 4.37. The Labute approximate surface area is 180 Å². The normalized spacial score (nSPS) is 10.8. The highest BCUT2D eigenvalue weighted by molar-refractivity contribution is 5.95.